The Balaban J connectivity index is 3.82. The predicted octanol–water partition coefficient (Wildman–Crippen LogP) is -0.401. The van der Waals surface area contributed by atoms with E-state index in [0.717, 1.165) is 0 Å². The maximum Gasteiger partial charge on any atom is 0.328 e. The lowest BCUT2D eigenvalue weighted by Crippen LogP contribution is -2.11. The zero-order valence-electron chi connectivity index (χ0n) is 5.27. The highest BCUT2D eigenvalue weighted by Crippen LogP contribution is 1.91. The zero-order chi connectivity index (χ0) is 8.20. The van der Waals surface area contributed by atoms with Crippen molar-refractivity contribution in [1.29, 1.82) is 0 Å². The Hall–Kier alpha value is -0.620. The van der Waals surface area contributed by atoms with Crippen LogP contribution in [-0.4, -0.2) is 25.5 Å². The molecule has 1 N–H and O–H groups in total. The molecule has 0 heterocycles. The standard InChI is InChI=1S/C4H7O5S/c1-2-9-4(5)3-10(6,7)8/h3H,2H2,1H3,(H,6,7,8). The molecular weight excluding hydrogens is 160 g/mol. The highest BCUT2D eigenvalue weighted by molar-refractivity contribution is 7.88. The van der Waals surface area contributed by atoms with Crippen LogP contribution in [0, 0.1) is 5.75 Å². The smallest absolute Gasteiger partial charge is 0.328 e. The van der Waals surface area contributed by atoms with Crippen LogP contribution < -0.4 is 0 Å². The summed E-state index contributed by atoms with van der Waals surface area (Å²) >= 11 is 0. The van der Waals surface area contributed by atoms with Gasteiger partial charge < -0.3 is 4.74 Å². The van der Waals surface area contributed by atoms with Gasteiger partial charge in [-0.25, -0.2) is 0 Å². The van der Waals surface area contributed by atoms with E-state index >= 15 is 0 Å². The van der Waals surface area contributed by atoms with E-state index < -0.39 is 16.1 Å². The average Bonchev–Trinajstić information content (AvgIpc) is 1.59. The van der Waals surface area contributed by atoms with Crippen molar-refractivity contribution in [2.75, 3.05) is 6.61 Å². The molecule has 5 nitrogen and oxygen atoms in total. The van der Waals surface area contributed by atoms with Gasteiger partial charge in [-0.1, -0.05) is 0 Å². The summed E-state index contributed by atoms with van der Waals surface area (Å²) in [5.74, 6) is -0.957. The monoisotopic (exact) mass is 167 g/mol. The number of ether oxygens (including phenoxy) is 1. The molecule has 10 heavy (non-hydrogen) atoms. The van der Waals surface area contributed by atoms with Crippen LogP contribution in [0.4, 0.5) is 0 Å². The first-order valence-corrected chi connectivity index (χ1v) is 3.95. The van der Waals surface area contributed by atoms with Crippen molar-refractivity contribution in [3.63, 3.8) is 0 Å². The van der Waals surface area contributed by atoms with Crippen LogP contribution >= 0.6 is 0 Å². The molecule has 0 spiro atoms. The average molecular weight is 167 g/mol. The quantitative estimate of drug-likeness (QED) is 0.457. The van der Waals surface area contributed by atoms with Gasteiger partial charge in [0.2, 0.25) is 5.75 Å². The normalized spacial score (nSPS) is 11.0. The topological polar surface area (TPSA) is 80.7 Å². The van der Waals surface area contributed by atoms with Crippen LogP contribution in [0.1, 0.15) is 6.92 Å². The van der Waals surface area contributed by atoms with Gasteiger partial charge in [-0.3, -0.25) is 9.35 Å². The van der Waals surface area contributed by atoms with Crippen molar-refractivity contribution < 1.29 is 22.5 Å². The van der Waals surface area contributed by atoms with E-state index in [4.69, 9.17) is 4.55 Å². The second-order valence-electron chi connectivity index (χ2n) is 1.38. The molecule has 0 amide bonds. The largest absolute Gasteiger partial charge is 0.465 e. The van der Waals surface area contributed by atoms with E-state index in [1.807, 2.05) is 0 Å². The molecule has 0 aromatic carbocycles. The lowest BCUT2D eigenvalue weighted by Gasteiger charge is -1.96. The molecule has 59 valence electrons. The highest BCUT2D eigenvalue weighted by Gasteiger charge is 2.13. The van der Waals surface area contributed by atoms with Crippen LogP contribution in [0.3, 0.4) is 0 Å². The third-order valence-corrected chi connectivity index (χ3v) is 1.02. The molecule has 0 saturated carbocycles. The van der Waals surface area contributed by atoms with Crippen molar-refractivity contribution in [1.82, 2.24) is 0 Å². The van der Waals surface area contributed by atoms with E-state index in [1.165, 1.54) is 6.92 Å². The summed E-state index contributed by atoms with van der Waals surface area (Å²) in [5, 5.41) is 0. The first-order valence-electron chi connectivity index (χ1n) is 2.44. The second-order valence-corrected chi connectivity index (χ2v) is 2.65. The van der Waals surface area contributed by atoms with E-state index in [0.29, 0.717) is 0 Å². The van der Waals surface area contributed by atoms with Gasteiger partial charge in [0.1, 0.15) is 0 Å². The Kier molecular flexibility index (Phi) is 3.31. The zero-order valence-corrected chi connectivity index (χ0v) is 6.09. The predicted molar refractivity (Wildman–Crippen MR) is 32.5 cm³/mol. The fraction of sp³-hybridized carbons (Fsp3) is 0.500. The Labute approximate surface area is 58.7 Å². The lowest BCUT2D eigenvalue weighted by atomic mass is 10.8. The van der Waals surface area contributed by atoms with Gasteiger partial charge in [0.05, 0.1) is 6.61 Å². The summed E-state index contributed by atoms with van der Waals surface area (Å²) in [4.78, 5) is 10.2. The molecule has 0 rings (SSSR count). The molecule has 0 aliphatic carbocycles. The number of carbonyl (C=O) groups is 1. The summed E-state index contributed by atoms with van der Waals surface area (Å²) in [7, 11) is -4.35. The van der Waals surface area contributed by atoms with Gasteiger partial charge in [-0.05, 0) is 6.92 Å². The molecule has 0 atom stereocenters. The van der Waals surface area contributed by atoms with Gasteiger partial charge in [-0.2, -0.15) is 8.42 Å². The molecule has 0 fully saturated rings. The number of carbonyl (C=O) groups excluding carboxylic acids is 1. The van der Waals surface area contributed by atoms with Crippen LogP contribution in [0.25, 0.3) is 0 Å². The van der Waals surface area contributed by atoms with Crippen LogP contribution in [0.5, 0.6) is 0 Å². The minimum absolute atomic E-state index is 0.0743. The molecule has 0 aromatic heterocycles. The molecule has 0 bridgehead atoms. The van der Waals surface area contributed by atoms with Gasteiger partial charge in [0.15, 0.2) is 0 Å². The van der Waals surface area contributed by atoms with Crippen molar-refractivity contribution >= 4 is 16.1 Å². The molecule has 0 aliphatic heterocycles. The van der Waals surface area contributed by atoms with Gasteiger partial charge >= 0.3 is 5.97 Å². The summed E-state index contributed by atoms with van der Waals surface area (Å²) in [6, 6.07) is 0. The summed E-state index contributed by atoms with van der Waals surface area (Å²) in [5.41, 5.74) is 0. The van der Waals surface area contributed by atoms with Gasteiger partial charge in [-0.15, -0.1) is 0 Å². The van der Waals surface area contributed by atoms with Crippen LogP contribution in [0.15, 0.2) is 0 Å². The maximum absolute atomic E-state index is 10.2. The Bertz CT molecular complexity index is 204. The molecule has 0 unspecified atom stereocenters. The molecular formula is C4H7O5S. The van der Waals surface area contributed by atoms with Crippen molar-refractivity contribution in [3.8, 4) is 0 Å². The maximum atomic E-state index is 10.2. The van der Waals surface area contributed by atoms with Crippen molar-refractivity contribution in [2.24, 2.45) is 0 Å². The second kappa shape index (κ2) is 3.52. The third kappa shape index (κ3) is 5.52. The Morgan fingerprint density at radius 3 is 2.50 bits per heavy atom. The number of rotatable bonds is 3. The first kappa shape index (κ1) is 9.38. The van der Waals surface area contributed by atoms with E-state index in [1.54, 1.807) is 0 Å². The molecule has 0 aliphatic rings. The van der Waals surface area contributed by atoms with E-state index in [-0.39, 0.29) is 12.4 Å². The SMILES string of the molecule is CCOC(=O)[CH]S(=O)(=O)O. The minimum atomic E-state index is -4.35. The summed E-state index contributed by atoms with van der Waals surface area (Å²) in [6.07, 6.45) is 0. The molecule has 0 saturated heterocycles. The van der Waals surface area contributed by atoms with Gasteiger partial charge in [0, 0.05) is 0 Å². The number of esters is 1. The van der Waals surface area contributed by atoms with Crippen molar-refractivity contribution in [2.45, 2.75) is 6.92 Å². The fourth-order valence-electron chi connectivity index (χ4n) is 0.298. The Morgan fingerprint density at radius 1 is 1.70 bits per heavy atom. The Morgan fingerprint density at radius 2 is 2.20 bits per heavy atom. The van der Waals surface area contributed by atoms with Crippen molar-refractivity contribution in [3.05, 3.63) is 5.75 Å². The van der Waals surface area contributed by atoms with E-state index in [9.17, 15) is 13.2 Å². The molecule has 1 radical (unpaired) electrons. The highest BCUT2D eigenvalue weighted by atomic mass is 32.2. The fourth-order valence-corrected chi connectivity index (χ4v) is 0.609. The number of hydrogen-bond acceptors (Lipinski definition) is 4. The summed E-state index contributed by atoms with van der Waals surface area (Å²) < 4.78 is 32.0. The number of hydrogen-bond donors (Lipinski definition) is 1. The lowest BCUT2D eigenvalue weighted by molar-refractivity contribution is -0.138. The van der Waals surface area contributed by atoms with Gasteiger partial charge in [0.25, 0.3) is 10.1 Å². The van der Waals surface area contributed by atoms with Crippen LogP contribution in [0.2, 0.25) is 0 Å². The van der Waals surface area contributed by atoms with Crippen LogP contribution in [-0.2, 0) is 19.6 Å². The minimum Gasteiger partial charge on any atom is -0.465 e. The third-order valence-electron chi connectivity index (χ3n) is 0.532. The molecule has 6 heteroatoms. The first-order chi connectivity index (χ1) is 4.45. The molecule has 0 aromatic rings. The summed E-state index contributed by atoms with van der Waals surface area (Å²) in [6.45, 7) is 1.60. The van der Waals surface area contributed by atoms with E-state index in [2.05, 4.69) is 4.74 Å².